The van der Waals surface area contributed by atoms with Gasteiger partial charge in [0, 0.05) is 25.2 Å². The lowest BCUT2D eigenvalue weighted by molar-refractivity contribution is -0.0614. The van der Waals surface area contributed by atoms with Gasteiger partial charge in [-0.3, -0.25) is 0 Å². The number of anilines is 1. The highest BCUT2D eigenvalue weighted by Gasteiger charge is 2.43. The number of rotatable bonds is 1. The van der Waals surface area contributed by atoms with E-state index >= 15 is 0 Å². The molecule has 5 nitrogen and oxygen atoms in total. The Morgan fingerprint density at radius 3 is 3.16 bits per heavy atom. The van der Waals surface area contributed by atoms with Crippen LogP contribution in [0.4, 0.5) is 5.95 Å². The van der Waals surface area contributed by atoms with Gasteiger partial charge in [-0.1, -0.05) is 12.8 Å². The molecular formula is C14H18N4O. The lowest BCUT2D eigenvalue weighted by atomic mass is 9.71. The molecule has 100 valence electrons. The summed E-state index contributed by atoms with van der Waals surface area (Å²) in [6.07, 6.45) is 6.73. The van der Waals surface area contributed by atoms with Crippen LogP contribution in [0.1, 0.15) is 37.8 Å². The molecule has 1 aliphatic heterocycles. The standard InChI is InChI=1S/C14H18N4O/c15-9-12-4-7-16-13(17-12)18-8-6-14(19)5-2-1-3-11(14)10-18/h4,7,11,19H,1-3,5-6,8,10H2. The number of hydrogen-bond acceptors (Lipinski definition) is 5. The number of piperidine rings is 1. The van der Waals surface area contributed by atoms with E-state index in [1.54, 1.807) is 12.3 Å². The lowest BCUT2D eigenvalue weighted by Crippen LogP contribution is -2.53. The van der Waals surface area contributed by atoms with Crippen molar-refractivity contribution < 1.29 is 5.11 Å². The average molecular weight is 258 g/mol. The molecule has 3 rings (SSSR count). The van der Waals surface area contributed by atoms with E-state index in [9.17, 15) is 5.11 Å². The zero-order valence-electron chi connectivity index (χ0n) is 10.9. The summed E-state index contributed by atoms with van der Waals surface area (Å²) in [6, 6.07) is 3.66. The molecule has 0 amide bonds. The molecule has 5 heteroatoms. The van der Waals surface area contributed by atoms with Crippen LogP contribution in [0.25, 0.3) is 0 Å². The summed E-state index contributed by atoms with van der Waals surface area (Å²) in [5.41, 5.74) is -0.0869. The van der Waals surface area contributed by atoms with E-state index in [1.165, 1.54) is 6.42 Å². The molecule has 2 unspecified atom stereocenters. The Labute approximate surface area is 112 Å². The van der Waals surface area contributed by atoms with Crippen LogP contribution in [0, 0.1) is 17.2 Å². The van der Waals surface area contributed by atoms with Crippen LogP contribution in [0.3, 0.4) is 0 Å². The zero-order chi connectivity index (χ0) is 13.3. The van der Waals surface area contributed by atoms with Crippen molar-refractivity contribution in [1.29, 1.82) is 5.26 Å². The number of aliphatic hydroxyl groups is 1. The van der Waals surface area contributed by atoms with Gasteiger partial charge in [-0.25, -0.2) is 9.97 Å². The predicted molar refractivity (Wildman–Crippen MR) is 70.5 cm³/mol. The van der Waals surface area contributed by atoms with Crippen molar-refractivity contribution in [3.8, 4) is 6.07 Å². The molecule has 0 aromatic carbocycles. The number of nitrogens with zero attached hydrogens (tertiary/aromatic N) is 4. The fourth-order valence-electron chi connectivity index (χ4n) is 3.32. The maximum absolute atomic E-state index is 10.6. The zero-order valence-corrected chi connectivity index (χ0v) is 10.9. The van der Waals surface area contributed by atoms with E-state index in [2.05, 4.69) is 14.9 Å². The van der Waals surface area contributed by atoms with E-state index in [0.29, 0.717) is 17.6 Å². The van der Waals surface area contributed by atoms with Gasteiger partial charge in [0.2, 0.25) is 5.95 Å². The first-order chi connectivity index (χ1) is 9.21. The summed E-state index contributed by atoms with van der Waals surface area (Å²) in [5, 5.41) is 19.5. The van der Waals surface area contributed by atoms with Crippen molar-refractivity contribution in [3.05, 3.63) is 18.0 Å². The highest BCUT2D eigenvalue weighted by molar-refractivity contribution is 5.35. The van der Waals surface area contributed by atoms with Gasteiger partial charge in [-0.05, 0) is 25.3 Å². The maximum atomic E-state index is 10.6. The van der Waals surface area contributed by atoms with E-state index in [4.69, 9.17) is 5.26 Å². The van der Waals surface area contributed by atoms with Gasteiger partial charge < -0.3 is 10.0 Å². The van der Waals surface area contributed by atoms with Gasteiger partial charge in [0.1, 0.15) is 11.8 Å². The van der Waals surface area contributed by atoms with E-state index < -0.39 is 5.60 Å². The Bertz CT molecular complexity index is 512. The third kappa shape index (κ3) is 2.28. The predicted octanol–water partition coefficient (Wildman–Crippen LogP) is 1.48. The minimum absolute atomic E-state index is 0.310. The summed E-state index contributed by atoms with van der Waals surface area (Å²) in [5.74, 6) is 0.927. The normalized spacial score (nSPS) is 30.5. The fourth-order valence-corrected chi connectivity index (χ4v) is 3.32. The number of nitriles is 1. The Morgan fingerprint density at radius 1 is 1.42 bits per heavy atom. The van der Waals surface area contributed by atoms with Gasteiger partial charge in [0.15, 0.2) is 0 Å². The number of aromatic nitrogens is 2. The van der Waals surface area contributed by atoms with Crippen LogP contribution in [0.15, 0.2) is 12.3 Å². The smallest absolute Gasteiger partial charge is 0.226 e. The van der Waals surface area contributed by atoms with Gasteiger partial charge >= 0.3 is 0 Å². The quantitative estimate of drug-likeness (QED) is 0.826. The lowest BCUT2D eigenvalue weighted by Gasteiger charge is -2.47. The molecule has 1 aromatic heterocycles. The van der Waals surface area contributed by atoms with Crippen LogP contribution in [-0.2, 0) is 0 Å². The third-order valence-corrected chi connectivity index (χ3v) is 4.47. The van der Waals surface area contributed by atoms with Crippen LogP contribution in [0.2, 0.25) is 0 Å². The van der Waals surface area contributed by atoms with Crippen molar-refractivity contribution in [2.75, 3.05) is 18.0 Å². The molecule has 1 N–H and O–H groups in total. The molecule has 0 spiro atoms. The molecule has 0 bridgehead atoms. The van der Waals surface area contributed by atoms with Crippen LogP contribution >= 0.6 is 0 Å². The SMILES string of the molecule is N#Cc1ccnc(N2CCC3(O)CCCCC3C2)n1. The van der Waals surface area contributed by atoms with Crippen LogP contribution in [0.5, 0.6) is 0 Å². The molecule has 19 heavy (non-hydrogen) atoms. The molecular weight excluding hydrogens is 240 g/mol. The number of hydrogen-bond donors (Lipinski definition) is 1. The molecule has 2 fully saturated rings. The van der Waals surface area contributed by atoms with Crippen LogP contribution in [-0.4, -0.2) is 33.8 Å². The molecule has 1 aromatic rings. The van der Waals surface area contributed by atoms with Gasteiger partial charge in [0.05, 0.1) is 5.60 Å². The van der Waals surface area contributed by atoms with Crippen LogP contribution < -0.4 is 4.90 Å². The van der Waals surface area contributed by atoms with Gasteiger partial charge in [-0.15, -0.1) is 0 Å². The third-order valence-electron chi connectivity index (χ3n) is 4.47. The topological polar surface area (TPSA) is 73.0 Å². The molecule has 2 heterocycles. The molecule has 1 saturated heterocycles. The second-order valence-electron chi connectivity index (χ2n) is 5.60. The molecule has 0 radical (unpaired) electrons. The Hall–Kier alpha value is -1.67. The molecule has 2 aliphatic rings. The van der Waals surface area contributed by atoms with Gasteiger partial charge in [-0.2, -0.15) is 5.26 Å². The average Bonchev–Trinajstić information content (AvgIpc) is 2.46. The fraction of sp³-hybridized carbons (Fsp3) is 0.643. The molecule has 1 saturated carbocycles. The molecule has 2 atom stereocenters. The summed E-state index contributed by atoms with van der Waals surface area (Å²) in [6.45, 7) is 1.56. The van der Waals surface area contributed by atoms with E-state index in [-0.39, 0.29) is 0 Å². The van der Waals surface area contributed by atoms with E-state index in [0.717, 1.165) is 38.8 Å². The summed E-state index contributed by atoms with van der Waals surface area (Å²) in [4.78, 5) is 10.6. The van der Waals surface area contributed by atoms with E-state index in [1.807, 2.05) is 6.07 Å². The highest BCUT2D eigenvalue weighted by atomic mass is 16.3. The Kier molecular flexibility index (Phi) is 3.11. The summed E-state index contributed by atoms with van der Waals surface area (Å²) in [7, 11) is 0. The number of fused-ring (bicyclic) bond motifs is 1. The first-order valence-electron chi connectivity index (χ1n) is 6.92. The monoisotopic (exact) mass is 258 g/mol. The van der Waals surface area contributed by atoms with Crippen molar-refractivity contribution in [3.63, 3.8) is 0 Å². The summed E-state index contributed by atoms with van der Waals surface area (Å²) < 4.78 is 0. The van der Waals surface area contributed by atoms with Gasteiger partial charge in [0.25, 0.3) is 0 Å². The van der Waals surface area contributed by atoms with Crippen molar-refractivity contribution in [2.24, 2.45) is 5.92 Å². The Morgan fingerprint density at radius 2 is 2.32 bits per heavy atom. The van der Waals surface area contributed by atoms with Crippen molar-refractivity contribution in [2.45, 2.75) is 37.7 Å². The first kappa shape index (κ1) is 12.4. The van der Waals surface area contributed by atoms with Crippen molar-refractivity contribution >= 4 is 5.95 Å². The summed E-state index contributed by atoms with van der Waals surface area (Å²) >= 11 is 0. The molecule has 1 aliphatic carbocycles. The minimum atomic E-state index is -0.485. The maximum Gasteiger partial charge on any atom is 0.226 e. The van der Waals surface area contributed by atoms with Crippen molar-refractivity contribution in [1.82, 2.24) is 9.97 Å². The minimum Gasteiger partial charge on any atom is -0.389 e. The highest BCUT2D eigenvalue weighted by Crippen LogP contribution is 2.40. The Balaban J connectivity index is 1.79. The second kappa shape index (κ2) is 4.78. The second-order valence-corrected chi connectivity index (χ2v) is 5.60. The largest absolute Gasteiger partial charge is 0.389 e. The first-order valence-corrected chi connectivity index (χ1v) is 6.92.